The third-order valence-electron chi connectivity index (χ3n) is 6.31. The van der Waals surface area contributed by atoms with Crippen LogP contribution in [0.1, 0.15) is 22.9 Å². The van der Waals surface area contributed by atoms with Crippen molar-refractivity contribution in [2.24, 2.45) is 0 Å². The Morgan fingerprint density at radius 1 is 1.05 bits per heavy atom. The normalized spacial score (nSPS) is 11.9. The molecule has 40 heavy (non-hydrogen) atoms. The number of likely N-dealkylation sites (N-methyl/N-ethyl adjacent to an activating group) is 1. The molecule has 0 fully saturated rings. The Labute approximate surface area is 241 Å². The molecule has 5 rings (SSSR count). The van der Waals surface area contributed by atoms with Crippen LogP contribution < -0.4 is 10.6 Å². The van der Waals surface area contributed by atoms with Crippen molar-refractivity contribution in [3.8, 4) is 6.07 Å². The van der Waals surface area contributed by atoms with Crippen LogP contribution in [0, 0.1) is 17.1 Å². The molecule has 1 atom stereocenters. The Morgan fingerprint density at radius 3 is 2.55 bits per heavy atom. The molecule has 0 amide bonds. The fourth-order valence-corrected chi connectivity index (χ4v) is 4.73. The topological polar surface area (TPSA) is 94.7 Å². The van der Waals surface area contributed by atoms with E-state index in [-0.39, 0.29) is 11.1 Å². The third-order valence-corrected chi connectivity index (χ3v) is 6.88. The van der Waals surface area contributed by atoms with Crippen LogP contribution >= 0.6 is 23.2 Å². The molecule has 2 heterocycles. The van der Waals surface area contributed by atoms with E-state index in [1.165, 1.54) is 18.3 Å². The number of anilines is 3. The maximum atomic E-state index is 13.8. The predicted octanol–water partition coefficient (Wildman–Crippen LogP) is 6.65. The lowest BCUT2D eigenvalue weighted by Crippen LogP contribution is -2.18. The van der Waals surface area contributed by atoms with Crippen molar-refractivity contribution in [2.45, 2.75) is 12.6 Å². The highest BCUT2D eigenvalue weighted by atomic mass is 35.5. The minimum absolute atomic E-state index is 0.0356. The van der Waals surface area contributed by atoms with Gasteiger partial charge in [-0.2, -0.15) is 5.26 Å². The van der Waals surface area contributed by atoms with Gasteiger partial charge in [0.25, 0.3) is 0 Å². The number of halogens is 3. The van der Waals surface area contributed by atoms with E-state index in [1.54, 1.807) is 12.1 Å². The molecular formula is C29H25Cl2FN8. The molecule has 202 valence electrons. The summed E-state index contributed by atoms with van der Waals surface area (Å²) < 4.78 is 15.6. The summed E-state index contributed by atoms with van der Waals surface area (Å²) in [7, 11) is 4.02. The number of pyridine rings is 1. The number of nitrogens with zero attached hydrogens (tertiary/aromatic N) is 6. The van der Waals surface area contributed by atoms with Gasteiger partial charge in [0, 0.05) is 29.5 Å². The van der Waals surface area contributed by atoms with E-state index in [0.29, 0.717) is 45.1 Å². The first-order valence-electron chi connectivity index (χ1n) is 12.4. The van der Waals surface area contributed by atoms with Gasteiger partial charge in [0.1, 0.15) is 17.6 Å². The SMILES string of the molecule is CN(C)CCn1cc([C@@H](Nc2cc(Cl)c3ncc(C#N)c(Nc4ccc(F)c(Cl)c4)c3c2)c2ccccc2)nn1. The van der Waals surface area contributed by atoms with Crippen LogP contribution in [-0.4, -0.2) is 45.5 Å². The van der Waals surface area contributed by atoms with Crippen LogP contribution in [0.2, 0.25) is 10.0 Å². The van der Waals surface area contributed by atoms with Gasteiger partial charge in [0.2, 0.25) is 0 Å². The van der Waals surface area contributed by atoms with Crippen LogP contribution in [0.4, 0.5) is 21.5 Å². The summed E-state index contributed by atoms with van der Waals surface area (Å²) in [6, 6.07) is 19.7. The molecule has 8 nitrogen and oxygen atoms in total. The van der Waals surface area contributed by atoms with Gasteiger partial charge in [0.15, 0.2) is 0 Å². The zero-order valence-electron chi connectivity index (χ0n) is 21.7. The minimum atomic E-state index is -0.535. The highest BCUT2D eigenvalue weighted by molar-refractivity contribution is 6.36. The summed E-state index contributed by atoms with van der Waals surface area (Å²) in [6.45, 7) is 1.53. The standard InChI is InChI=1S/C29H25Cl2FN8/c1-39(2)10-11-40-17-26(37-38-40)28(18-6-4-3-5-7-18)36-21-12-22-27(35-20-8-9-25(32)23(30)13-20)19(15-33)16-34-29(22)24(31)14-21/h3-9,12-14,16-17,28,36H,10-11H2,1-2H3,(H,34,35)/t28-/m0/s1. The Hall–Kier alpha value is -4.23. The van der Waals surface area contributed by atoms with Gasteiger partial charge in [-0.15, -0.1) is 5.10 Å². The fraction of sp³-hybridized carbons (Fsp3) is 0.172. The van der Waals surface area contributed by atoms with Gasteiger partial charge < -0.3 is 15.5 Å². The molecule has 0 aliphatic heterocycles. The first-order chi connectivity index (χ1) is 19.3. The smallest absolute Gasteiger partial charge is 0.141 e. The highest BCUT2D eigenvalue weighted by Gasteiger charge is 2.20. The zero-order valence-corrected chi connectivity index (χ0v) is 23.2. The first-order valence-corrected chi connectivity index (χ1v) is 13.2. The molecule has 5 aromatic rings. The lowest BCUT2D eigenvalue weighted by Gasteiger charge is -2.20. The van der Waals surface area contributed by atoms with Crippen molar-refractivity contribution in [2.75, 3.05) is 31.3 Å². The average molecular weight is 575 g/mol. The van der Waals surface area contributed by atoms with Crippen molar-refractivity contribution in [1.29, 1.82) is 5.26 Å². The average Bonchev–Trinajstić information content (AvgIpc) is 3.42. The number of nitriles is 1. The van der Waals surface area contributed by atoms with Crippen molar-refractivity contribution >= 4 is 51.2 Å². The van der Waals surface area contributed by atoms with E-state index in [9.17, 15) is 9.65 Å². The molecule has 0 radical (unpaired) electrons. The van der Waals surface area contributed by atoms with Crippen molar-refractivity contribution in [3.05, 3.63) is 106 Å². The lowest BCUT2D eigenvalue weighted by molar-refractivity contribution is 0.370. The predicted molar refractivity (Wildman–Crippen MR) is 157 cm³/mol. The highest BCUT2D eigenvalue weighted by Crippen LogP contribution is 2.37. The molecule has 0 aliphatic carbocycles. The van der Waals surface area contributed by atoms with E-state index < -0.39 is 5.82 Å². The van der Waals surface area contributed by atoms with E-state index in [2.05, 4.69) is 36.9 Å². The molecule has 2 aromatic heterocycles. The van der Waals surface area contributed by atoms with Crippen LogP contribution in [0.5, 0.6) is 0 Å². The van der Waals surface area contributed by atoms with Gasteiger partial charge in [-0.1, -0.05) is 58.7 Å². The number of rotatable bonds is 9. The second-order valence-electron chi connectivity index (χ2n) is 9.46. The molecule has 2 N–H and O–H groups in total. The Bertz CT molecular complexity index is 1700. The number of nitrogens with one attached hydrogen (secondary N) is 2. The molecule has 0 unspecified atom stereocenters. The molecule has 3 aromatic carbocycles. The summed E-state index contributed by atoms with van der Waals surface area (Å²) >= 11 is 12.7. The fourth-order valence-electron chi connectivity index (χ4n) is 4.28. The van der Waals surface area contributed by atoms with Crippen LogP contribution in [-0.2, 0) is 6.54 Å². The van der Waals surface area contributed by atoms with E-state index >= 15 is 0 Å². The molecule has 0 spiro atoms. The van der Waals surface area contributed by atoms with Crippen molar-refractivity contribution in [3.63, 3.8) is 0 Å². The van der Waals surface area contributed by atoms with E-state index in [1.807, 2.05) is 61.4 Å². The van der Waals surface area contributed by atoms with Gasteiger partial charge in [-0.25, -0.2) is 4.39 Å². The summed E-state index contributed by atoms with van der Waals surface area (Å²) in [5.41, 5.74) is 4.21. The third kappa shape index (κ3) is 6.00. The van der Waals surface area contributed by atoms with Crippen molar-refractivity contribution < 1.29 is 4.39 Å². The second kappa shape index (κ2) is 11.9. The van der Waals surface area contributed by atoms with Gasteiger partial charge in [0.05, 0.1) is 45.6 Å². The Morgan fingerprint density at radius 2 is 1.82 bits per heavy atom. The monoisotopic (exact) mass is 574 g/mol. The number of hydrogen-bond acceptors (Lipinski definition) is 7. The van der Waals surface area contributed by atoms with E-state index in [0.717, 1.165) is 17.8 Å². The first kappa shape index (κ1) is 27.3. The maximum Gasteiger partial charge on any atom is 0.141 e. The number of hydrogen-bond donors (Lipinski definition) is 2. The van der Waals surface area contributed by atoms with Gasteiger partial charge in [-0.3, -0.25) is 9.67 Å². The molecule has 0 saturated carbocycles. The summed E-state index contributed by atoms with van der Waals surface area (Å²) in [5.74, 6) is -0.535. The largest absolute Gasteiger partial charge is 0.373 e. The number of benzene rings is 3. The summed E-state index contributed by atoms with van der Waals surface area (Å²) in [5, 5.41) is 26.3. The van der Waals surface area contributed by atoms with Gasteiger partial charge >= 0.3 is 0 Å². The molecule has 11 heteroatoms. The Kier molecular flexibility index (Phi) is 8.12. The lowest BCUT2D eigenvalue weighted by atomic mass is 10.0. The molecule has 0 bridgehead atoms. The minimum Gasteiger partial charge on any atom is -0.373 e. The van der Waals surface area contributed by atoms with Crippen LogP contribution in [0.3, 0.4) is 0 Å². The summed E-state index contributed by atoms with van der Waals surface area (Å²) in [6.07, 6.45) is 3.38. The van der Waals surface area contributed by atoms with Crippen LogP contribution in [0.25, 0.3) is 10.9 Å². The number of fused-ring (bicyclic) bond motifs is 1. The molecule has 0 saturated heterocycles. The second-order valence-corrected chi connectivity index (χ2v) is 10.3. The van der Waals surface area contributed by atoms with Gasteiger partial charge in [-0.05, 0) is 50.0 Å². The van der Waals surface area contributed by atoms with E-state index in [4.69, 9.17) is 23.2 Å². The van der Waals surface area contributed by atoms with Crippen molar-refractivity contribution in [1.82, 2.24) is 24.9 Å². The maximum absolute atomic E-state index is 13.8. The molecule has 0 aliphatic rings. The summed E-state index contributed by atoms with van der Waals surface area (Å²) in [4.78, 5) is 6.51. The van der Waals surface area contributed by atoms with Crippen LogP contribution in [0.15, 0.2) is 73.1 Å². The quantitative estimate of drug-likeness (QED) is 0.203. The molecular weight excluding hydrogens is 550 g/mol. The Balaban J connectivity index is 1.56. The number of aromatic nitrogens is 4. The zero-order chi connectivity index (χ0) is 28.2.